The Morgan fingerprint density at radius 3 is 1.00 bits per heavy atom. The number of hydrogen-bond acceptors (Lipinski definition) is 3. The van der Waals surface area contributed by atoms with Crippen LogP contribution in [0.15, 0.2) is 270 Å². The number of hydrogen-bond donors (Lipinski definition) is 0. The quantitative estimate of drug-likeness (QED) is 0.145. The minimum atomic E-state index is 0.908. The summed E-state index contributed by atoms with van der Waals surface area (Å²) in [5.41, 5.74) is 20.9. The average molecular weight is 882 g/mol. The van der Waals surface area contributed by atoms with Gasteiger partial charge in [0.25, 0.3) is 0 Å². The van der Waals surface area contributed by atoms with Crippen molar-refractivity contribution in [3.8, 4) is 66.8 Å². The Bertz CT molecular complexity index is 3770. The molecular weight excluding hydrogens is 839 g/mol. The van der Waals surface area contributed by atoms with Crippen LogP contribution in [0, 0.1) is 0 Å². The van der Waals surface area contributed by atoms with Crippen molar-refractivity contribution in [1.29, 1.82) is 0 Å². The molecule has 2 heterocycles. The van der Waals surface area contributed by atoms with E-state index in [-0.39, 0.29) is 0 Å². The van der Waals surface area contributed by atoms with E-state index in [1.165, 1.54) is 38.9 Å². The van der Waals surface area contributed by atoms with Crippen LogP contribution in [0.2, 0.25) is 0 Å². The molecule has 13 rings (SSSR count). The summed E-state index contributed by atoms with van der Waals surface area (Å²) in [6.07, 6.45) is 0. The van der Waals surface area contributed by atoms with Gasteiger partial charge in [-0.15, -0.1) is 0 Å². The molecule has 11 aromatic carbocycles. The maximum Gasteiger partial charge on any atom is 0.135 e. The van der Waals surface area contributed by atoms with Crippen LogP contribution in [0.5, 0.6) is 0 Å². The highest BCUT2D eigenvalue weighted by Crippen LogP contribution is 2.40. The molecule has 0 bridgehead atoms. The summed E-state index contributed by atoms with van der Waals surface area (Å²) >= 11 is 0. The van der Waals surface area contributed by atoms with E-state index in [2.05, 4.69) is 241 Å². The molecular formula is C66H43NO2. The lowest BCUT2D eigenvalue weighted by Crippen LogP contribution is -2.10. The summed E-state index contributed by atoms with van der Waals surface area (Å²) in [6.45, 7) is 0. The highest BCUT2D eigenvalue weighted by atomic mass is 16.3. The molecule has 0 aliphatic carbocycles. The van der Waals surface area contributed by atoms with E-state index in [1.54, 1.807) is 0 Å². The highest BCUT2D eigenvalue weighted by molar-refractivity contribution is 6.07. The number of benzene rings is 11. The van der Waals surface area contributed by atoms with Gasteiger partial charge in [0.2, 0.25) is 0 Å². The fourth-order valence-electron chi connectivity index (χ4n) is 9.91. The predicted octanol–water partition coefficient (Wildman–Crippen LogP) is 19.0. The zero-order valence-corrected chi connectivity index (χ0v) is 37.6. The monoisotopic (exact) mass is 881 g/mol. The zero-order chi connectivity index (χ0) is 45.7. The van der Waals surface area contributed by atoms with Crippen molar-refractivity contribution in [2.75, 3.05) is 4.90 Å². The van der Waals surface area contributed by atoms with E-state index >= 15 is 0 Å². The van der Waals surface area contributed by atoms with Crippen molar-refractivity contribution in [3.05, 3.63) is 261 Å². The normalized spacial score (nSPS) is 11.5. The summed E-state index contributed by atoms with van der Waals surface area (Å²) in [6, 6.07) is 93.3. The molecule has 0 radical (unpaired) electrons. The Morgan fingerprint density at radius 1 is 0.188 bits per heavy atom. The molecule has 0 N–H and O–H groups in total. The number of furan rings is 2. The Labute approximate surface area is 400 Å². The first-order valence-corrected chi connectivity index (χ1v) is 23.5. The Balaban J connectivity index is 0.817. The largest absolute Gasteiger partial charge is 0.456 e. The second-order valence-electron chi connectivity index (χ2n) is 17.7. The van der Waals surface area contributed by atoms with Crippen LogP contribution in [0.3, 0.4) is 0 Å². The van der Waals surface area contributed by atoms with Crippen LogP contribution in [0.4, 0.5) is 17.1 Å². The van der Waals surface area contributed by atoms with Crippen molar-refractivity contribution in [3.63, 3.8) is 0 Å². The third-order valence-corrected chi connectivity index (χ3v) is 13.5. The van der Waals surface area contributed by atoms with Gasteiger partial charge < -0.3 is 13.7 Å². The van der Waals surface area contributed by atoms with E-state index < -0.39 is 0 Å². The second-order valence-corrected chi connectivity index (χ2v) is 17.7. The first kappa shape index (κ1) is 40.1. The van der Waals surface area contributed by atoms with Crippen molar-refractivity contribution in [1.82, 2.24) is 0 Å². The van der Waals surface area contributed by atoms with Gasteiger partial charge in [0.15, 0.2) is 0 Å². The van der Waals surface area contributed by atoms with Crippen LogP contribution in [0.1, 0.15) is 0 Å². The summed E-state index contributed by atoms with van der Waals surface area (Å²) in [5, 5.41) is 4.55. The van der Waals surface area contributed by atoms with Gasteiger partial charge in [-0.3, -0.25) is 0 Å². The highest BCUT2D eigenvalue weighted by Gasteiger charge is 2.16. The van der Waals surface area contributed by atoms with E-state index in [4.69, 9.17) is 8.83 Å². The van der Waals surface area contributed by atoms with Gasteiger partial charge in [-0.05, 0) is 146 Å². The summed E-state index contributed by atoms with van der Waals surface area (Å²) in [7, 11) is 0. The molecule has 0 saturated heterocycles. The molecule has 0 fully saturated rings. The molecule has 69 heavy (non-hydrogen) atoms. The first-order valence-electron chi connectivity index (χ1n) is 23.5. The lowest BCUT2D eigenvalue weighted by atomic mass is 9.98. The summed E-state index contributed by atoms with van der Waals surface area (Å²) in [5.74, 6) is 0. The minimum Gasteiger partial charge on any atom is -0.456 e. The van der Waals surface area contributed by atoms with Gasteiger partial charge in [-0.1, -0.05) is 182 Å². The lowest BCUT2D eigenvalue weighted by Gasteiger charge is -2.26. The molecule has 0 aliphatic heterocycles. The van der Waals surface area contributed by atoms with Gasteiger partial charge in [-0.2, -0.15) is 0 Å². The molecule has 3 heteroatoms. The number of para-hydroxylation sites is 2. The number of rotatable bonds is 9. The topological polar surface area (TPSA) is 29.5 Å². The Hall–Kier alpha value is -9.18. The SMILES string of the molecule is c1ccc(-c2cccc(-c3cccc(N(c4ccc(-c5ccc(-c6ccc7oc8ccccc8c7c6)cc5)cc4)c4ccc(-c5ccc(-c6ccc7oc8ccccc8c7c6)cc5)cc4)c3)c2)cc1. The molecule has 13 aromatic rings. The van der Waals surface area contributed by atoms with Crippen LogP contribution in [-0.2, 0) is 0 Å². The van der Waals surface area contributed by atoms with Crippen molar-refractivity contribution < 1.29 is 8.83 Å². The van der Waals surface area contributed by atoms with Gasteiger partial charge in [0.05, 0.1) is 0 Å². The predicted molar refractivity (Wildman–Crippen MR) is 288 cm³/mol. The maximum absolute atomic E-state index is 6.10. The Kier molecular flexibility index (Phi) is 9.84. The van der Waals surface area contributed by atoms with E-state index in [0.29, 0.717) is 0 Å². The molecule has 0 atom stereocenters. The van der Waals surface area contributed by atoms with Crippen molar-refractivity contribution in [2.45, 2.75) is 0 Å². The van der Waals surface area contributed by atoms with Gasteiger partial charge in [0, 0.05) is 38.6 Å². The number of fused-ring (bicyclic) bond motifs is 6. The molecule has 0 unspecified atom stereocenters. The molecule has 0 spiro atoms. The molecule has 0 aliphatic rings. The first-order chi connectivity index (χ1) is 34.1. The Morgan fingerprint density at radius 2 is 0.507 bits per heavy atom. The third-order valence-electron chi connectivity index (χ3n) is 13.5. The van der Waals surface area contributed by atoms with E-state index in [0.717, 1.165) is 88.8 Å². The molecule has 0 amide bonds. The third kappa shape index (κ3) is 7.53. The zero-order valence-electron chi connectivity index (χ0n) is 37.6. The van der Waals surface area contributed by atoms with Gasteiger partial charge >= 0.3 is 0 Å². The molecule has 0 saturated carbocycles. The second kappa shape index (κ2) is 16.9. The fourth-order valence-corrected chi connectivity index (χ4v) is 9.91. The van der Waals surface area contributed by atoms with Crippen LogP contribution >= 0.6 is 0 Å². The van der Waals surface area contributed by atoms with Gasteiger partial charge in [-0.25, -0.2) is 0 Å². The number of nitrogens with zero attached hydrogens (tertiary/aromatic N) is 1. The van der Waals surface area contributed by atoms with Crippen molar-refractivity contribution in [2.24, 2.45) is 0 Å². The average Bonchev–Trinajstić information content (AvgIpc) is 4.00. The van der Waals surface area contributed by atoms with Crippen LogP contribution in [-0.4, -0.2) is 0 Å². The standard InChI is InChI=1S/C66H43NO2/c1-2-10-44(11-3-1)51-12-8-13-52(40-51)53-14-9-15-58(41-53)67(56-34-28-47(29-35-56)45-20-24-49(25-21-45)54-32-38-65-61(42-54)59-16-4-6-18-63(59)68-65)57-36-30-48(31-37-57)46-22-26-50(27-23-46)55-33-39-66-62(43-55)60-17-5-7-19-64(60)69-66/h1-43H. The van der Waals surface area contributed by atoms with Crippen LogP contribution < -0.4 is 4.90 Å². The fraction of sp³-hybridized carbons (Fsp3) is 0. The minimum absolute atomic E-state index is 0.908. The summed E-state index contributed by atoms with van der Waals surface area (Å²) in [4.78, 5) is 2.36. The molecule has 324 valence electrons. The molecule has 3 nitrogen and oxygen atoms in total. The number of anilines is 3. The van der Waals surface area contributed by atoms with E-state index in [9.17, 15) is 0 Å². The smallest absolute Gasteiger partial charge is 0.135 e. The summed E-state index contributed by atoms with van der Waals surface area (Å²) < 4.78 is 12.2. The van der Waals surface area contributed by atoms with Crippen molar-refractivity contribution >= 4 is 60.9 Å². The van der Waals surface area contributed by atoms with Gasteiger partial charge in [0.1, 0.15) is 22.3 Å². The maximum atomic E-state index is 6.10. The van der Waals surface area contributed by atoms with E-state index in [1.807, 2.05) is 24.3 Å². The lowest BCUT2D eigenvalue weighted by molar-refractivity contribution is 0.668. The molecule has 2 aromatic heterocycles. The van der Waals surface area contributed by atoms with Crippen LogP contribution in [0.25, 0.3) is 111 Å².